The van der Waals surface area contributed by atoms with Gasteiger partial charge < -0.3 is 5.21 Å². The van der Waals surface area contributed by atoms with Crippen molar-refractivity contribution in [2.24, 2.45) is 5.16 Å². The molecule has 0 unspecified atom stereocenters. The maximum atomic E-state index is 12.4. The quantitative estimate of drug-likeness (QED) is 0.389. The van der Waals surface area contributed by atoms with Gasteiger partial charge >= 0.3 is 0 Å². The van der Waals surface area contributed by atoms with Crippen molar-refractivity contribution in [2.45, 2.75) is 6.42 Å². The van der Waals surface area contributed by atoms with E-state index >= 15 is 0 Å². The van der Waals surface area contributed by atoms with Gasteiger partial charge in [-0.2, -0.15) is 0 Å². The molecule has 0 saturated heterocycles. The summed E-state index contributed by atoms with van der Waals surface area (Å²) in [5.41, 5.74) is 0.0949. The van der Waals surface area contributed by atoms with Crippen molar-refractivity contribution in [3.8, 4) is 0 Å². The van der Waals surface area contributed by atoms with E-state index in [9.17, 15) is 4.39 Å². The molecule has 0 aromatic carbocycles. The third-order valence-electron chi connectivity index (χ3n) is 1.09. The van der Waals surface area contributed by atoms with Crippen LogP contribution in [0.4, 0.5) is 4.39 Å². The third kappa shape index (κ3) is 1.16. The standard InChI is InChI=1S/C6H6FNO/c7-5-3-1-2-4-6(5)8-9/h1-3,9H,4H2. The van der Waals surface area contributed by atoms with Crippen LogP contribution in [0.3, 0.4) is 0 Å². The summed E-state index contributed by atoms with van der Waals surface area (Å²) in [4.78, 5) is 0. The number of allylic oxidation sites excluding steroid dienone is 4. The van der Waals surface area contributed by atoms with Crippen molar-refractivity contribution >= 4 is 5.71 Å². The van der Waals surface area contributed by atoms with Gasteiger partial charge in [-0.15, -0.1) is 0 Å². The molecule has 0 spiro atoms. The molecule has 1 aliphatic rings. The summed E-state index contributed by atoms with van der Waals surface area (Å²) < 4.78 is 12.4. The smallest absolute Gasteiger partial charge is 0.148 e. The van der Waals surface area contributed by atoms with Crippen LogP contribution < -0.4 is 0 Å². The van der Waals surface area contributed by atoms with E-state index in [1.807, 2.05) is 0 Å². The zero-order valence-electron chi connectivity index (χ0n) is 4.71. The Bertz CT molecular complexity index is 193. The van der Waals surface area contributed by atoms with Crippen LogP contribution in [-0.4, -0.2) is 10.9 Å². The maximum Gasteiger partial charge on any atom is 0.148 e. The summed E-state index contributed by atoms with van der Waals surface area (Å²) >= 11 is 0. The fourth-order valence-electron chi connectivity index (χ4n) is 0.614. The molecular weight excluding hydrogens is 121 g/mol. The largest absolute Gasteiger partial charge is 0.411 e. The first kappa shape index (κ1) is 6.01. The first-order chi connectivity index (χ1) is 4.34. The summed E-state index contributed by atoms with van der Waals surface area (Å²) in [7, 11) is 0. The molecule has 0 aliphatic heterocycles. The highest BCUT2D eigenvalue weighted by Gasteiger charge is 2.06. The lowest BCUT2D eigenvalue weighted by Gasteiger charge is -1.99. The van der Waals surface area contributed by atoms with Gasteiger partial charge in [0.05, 0.1) is 0 Å². The first-order valence-corrected chi connectivity index (χ1v) is 2.58. The van der Waals surface area contributed by atoms with Gasteiger partial charge in [0.2, 0.25) is 0 Å². The van der Waals surface area contributed by atoms with Crippen LogP contribution in [0.1, 0.15) is 6.42 Å². The van der Waals surface area contributed by atoms with Gasteiger partial charge in [0.15, 0.2) is 0 Å². The van der Waals surface area contributed by atoms with Gasteiger partial charge in [-0.3, -0.25) is 0 Å². The molecule has 0 aromatic heterocycles. The molecule has 0 heterocycles. The molecular formula is C6H6FNO. The predicted molar refractivity (Wildman–Crippen MR) is 32.2 cm³/mol. The average molecular weight is 127 g/mol. The molecule has 2 nitrogen and oxygen atoms in total. The van der Waals surface area contributed by atoms with Crippen molar-refractivity contribution in [3.63, 3.8) is 0 Å². The van der Waals surface area contributed by atoms with Gasteiger partial charge in [0.25, 0.3) is 0 Å². The minimum absolute atomic E-state index is 0.0949. The highest BCUT2D eigenvalue weighted by Crippen LogP contribution is 2.09. The minimum Gasteiger partial charge on any atom is -0.411 e. The average Bonchev–Trinajstić information content (AvgIpc) is 1.89. The number of hydrogen-bond acceptors (Lipinski definition) is 2. The Morgan fingerprint density at radius 1 is 1.67 bits per heavy atom. The molecule has 0 atom stereocenters. The highest BCUT2D eigenvalue weighted by molar-refractivity contribution is 5.99. The summed E-state index contributed by atoms with van der Waals surface area (Å²) in [6, 6.07) is 0. The van der Waals surface area contributed by atoms with Crippen molar-refractivity contribution in [3.05, 3.63) is 24.1 Å². The number of nitrogens with zero attached hydrogens (tertiary/aromatic N) is 1. The molecule has 1 rings (SSSR count). The molecule has 0 bridgehead atoms. The van der Waals surface area contributed by atoms with Crippen LogP contribution >= 0.6 is 0 Å². The lowest BCUT2D eigenvalue weighted by atomic mass is 10.1. The summed E-state index contributed by atoms with van der Waals surface area (Å²) in [5.74, 6) is -0.458. The van der Waals surface area contributed by atoms with E-state index in [1.54, 1.807) is 12.2 Å². The minimum atomic E-state index is -0.458. The molecule has 0 radical (unpaired) electrons. The number of halogens is 1. The van der Waals surface area contributed by atoms with Crippen LogP contribution in [-0.2, 0) is 0 Å². The van der Waals surface area contributed by atoms with Crippen LogP contribution in [0.5, 0.6) is 0 Å². The molecule has 0 amide bonds. The van der Waals surface area contributed by atoms with Crippen LogP contribution in [0, 0.1) is 0 Å². The van der Waals surface area contributed by atoms with Gasteiger partial charge in [0.1, 0.15) is 11.5 Å². The van der Waals surface area contributed by atoms with Crippen molar-refractivity contribution < 1.29 is 9.60 Å². The Kier molecular flexibility index (Phi) is 1.63. The fraction of sp³-hybridized carbons (Fsp3) is 0.167. The fourth-order valence-corrected chi connectivity index (χ4v) is 0.614. The van der Waals surface area contributed by atoms with Crippen LogP contribution in [0.25, 0.3) is 0 Å². The second-order valence-electron chi connectivity index (χ2n) is 1.69. The van der Waals surface area contributed by atoms with Crippen LogP contribution in [0.15, 0.2) is 29.2 Å². The molecule has 0 fully saturated rings. The summed E-state index contributed by atoms with van der Waals surface area (Å²) in [5, 5.41) is 10.9. The predicted octanol–water partition coefficient (Wildman–Crippen LogP) is 1.63. The second-order valence-corrected chi connectivity index (χ2v) is 1.69. The second kappa shape index (κ2) is 2.44. The lowest BCUT2D eigenvalue weighted by molar-refractivity contribution is 0.317. The molecule has 1 aliphatic carbocycles. The highest BCUT2D eigenvalue weighted by atomic mass is 19.1. The first-order valence-electron chi connectivity index (χ1n) is 2.58. The zero-order chi connectivity index (χ0) is 6.69. The van der Waals surface area contributed by atoms with Crippen molar-refractivity contribution in [1.82, 2.24) is 0 Å². The van der Waals surface area contributed by atoms with E-state index in [0.717, 1.165) is 0 Å². The van der Waals surface area contributed by atoms with Gasteiger partial charge in [-0.05, 0) is 6.08 Å². The number of rotatable bonds is 0. The molecule has 9 heavy (non-hydrogen) atoms. The topological polar surface area (TPSA) is 32.6 Å². The monoisotopic (exact) mass is 127 g/mol. The Morgan fingerprint density at radius 2 is 2.44 bits per heavy atom. The number of oxime groups is 1. The molecule has 0 saturated carbocycles. The van der Waals surface area contributed by atoms with Crippen molar-refractivity contribution in [2.75, 3.05) is 0 Å². The normalized spacial score (nSPS) is 22.3. The van der Waals surface area contributed by atoms with Gasteiger partial charge in [0, 0.05) is 6.42 Å². The van der Waals surface area contributed by atoms with Gasteiger partial charge in [-0.25, -0.2) is 4.39 Å². The van der Waals surface area contributed by atoms with E-state index in [2.05, 4.69) is 5.16 Å². The zero-order valence-corrected chi connectivity index (χ0v) is 4.71. The summed E-state index contributed by atoms with van der Waals surface area (Å²) in [6.07, 6.45) is 4.94. The Balaban J connectivity index is 2.83. The lowest BCUT2D eigenvalue weighted by Crippen LogP contribution is -1.99. The van der Waals surface area contributed by atoms with Crippen LogP contribution in [0.2, 0.25) is 0 Å². The Labute approximate surface area is 52.0 Å². The third-order valence-corrected chi connectivity index (χ3v) is 1.09. The van der Waals surface area contributed by atoms with Crippen molar-refractivity contribution in [1.29, 1.82) is 0 Å². The summed E-state index contributed by atoms with van der Waals surface area (Å²) in [6.45, 7) is 0. The van der Waals surface area contributed by atoms with E-state index in [-0.39, 0.29) is 5.71 Å². The van der Waals surface area contributed by atoms with E-state index in [0.29, 0.717) is 6.42 Å². The van der Waals surface area contributed by atoms with Gasteiger partial charge in [-0.1, -0.05) is 17.3 Å². The van der Waals surface area contributed by atoms with E-state index in [1.165, 1.54) is 6.08 Å². The Hall–Kier alpha value is -1.12. The Morgan fingerprint density at radius 3 is 2.89 bits per heavy atom. The van der Waals surface area contributed by atoms with E-state index in [4.69, 9.17) is 5.21 Å². The maximum absolute atomic E-state index is 12.4. The molecule has 48 valence electrons. The molecule has 0 aromatic rings. The number of hydrogen-bond donors (Lipinski definition) is 1. The van der Waals surface area contributed by atoms with E-state index < -0.39 is 5.83 Å². The molecule has 3 heteroatoms. The SMILES string of the molecule is ON=C1CC=CC=C1F. The molecule has 1 N–H and O–H groups in total.